The minimum absolute atomic E-state index is 0.0734. The number of para-hydroxylation sites is 1. The van der Waals surface area contributed by atoms with Crippen LogP contribution in [0.2, 0.25) is 5.02 Å². The normalized spacial score (nSPS) is 10.5. The Morgan fingerprint density at radius 2 is 1.80 bits per heavy atom. The molecule has 5 nitrogen and oxygen atoms in total. The number of carbonyl (C=O) groups is 1. The molecule has 0 saturated heterocycles. The van der Waals surface area contributed by atoms with Crippen LogP contribution in [0.15, 0.2) is 70.1 Å². The van der Waals surface area contributed by atoms with E-state index in [0.717, 1.165) is 4.47 Å². The highest BCUT2D eigenvalue weighted by atomic mass is 79.9. The van der Waals surface area contributed by atoms with Crippen molar-refractivity contribution >= 4 is 33.3 Å². The van der Waals surface area contributed by atoms with Gasteiger partial charge in [-0.25, -0.2) is 0 Å². The van der Waals surface area contributed by atoms with Crippen molar-refractivity contribution in [1.29, 1.82) is 0 Å². The van der Waals surface area contributed by atoms with Crippen molar-refractivity contribution in [2.75, 3.05) is 6.61 Å². The molecule has 0 radical (unpaired) electrons. The van der Waals surface area contributed by atoms with Gasteiger partial charge in [-0.3, -0.25) is 9.59 Å². The van der Waals surface area contributed by atoms with E-state index in [0.29, 0.717) is 11.3 Å². The summed E-state index contributed by atoms with van der Waals surface area (Å²) in [6.45, 7) is -0.238. The summed E-state index contributed by atoms with van der Waals surface area (Å²) in [5, 5.41) is 3.93. The van der Waals surface area contributed by atoms with Crippen molar-refractivity contribution in [3.63, 3.8) is 0 Å². The van der Waals surface area contributed by atoms with E-state index in [1.54, 1.807) is 48.5 Å². The van der Waals surface area contributed by atoms with Crippen LogP contribution in [0.1, 0.15) is 10.4 Å². The van der Waals surface area contributed by atoms with Gasteiger partial charge in [-0.15, -0.1) is 0 Å². The molecule has 3 aromatic rings. The van der Waals surface area contributed by atoms with E-state index < -0.39 is 5.56 Å². The van der Waals surface area contributed by atoms with E-state index in [-0.39, 0.29) is 23.2 Å². The Labute approximate surface area is 157 Å². The highest BCUT2D eigenvalue weighted by molar-refractivity contribution is 9.10. The largest absolute Gasteiger partial charge is 0.482 e. The number of halogens is 2. The van der Waals surface area contributed by atoms with Crippen LogP contribution < -0.4 is 10.3 Å². The topological polar surface area (TPSA) is 61.2 Å². The number of hydrogen-bond donors (Lipinski definition) is 0. The third-order valence-electron chi connectivity index (χ3n) is 3.41. The van der Waals surface area contributed by atoms with Gasteiger partial charge in [0.05, 0.1) is 11.9 Å². The number of benzene rings is 2. The van der Waals surface area contributed by atoms with Gasteiger partial charge < -0.3 is 4.74 Å². The van der Waals surface area contributed by atoms with Crippen molar-refractivity contribution in [2.24, 2.45) is 0 Å². The average molecular weight is 420 g/mol. The van der Waals surface area contributed by atoms with Crippen LogP contribution in [0.4, 0.5) is 0 Å². The van der Waals surface area contributed by atoms with Crippen molar-refractivity contribution in [2.45, 2.75) is 0 Å². The fourth-order valence-corrected chi connectivity index (χ4v) is 2.58. The van der Waals surface area contributed by atoms with Gasteiger partial charge in [-0.05, 0) is 24.3 Å². The molecule has 0 spiro atoms. The Morgan fingerprint density at radius 3 is 2.48 bits per heavy atom. The van der Waals surface area contributed by atoms with E-state index in [4.69, 9.17) is 16.3 Å². The molecule has 0 fully saturated rings. The molecule has 0 bridgehead atoms. The fraction of sp³-hybridized carbons (Fsp3) is 0.0556. The quantitative estimate of drug-likeness (QED) is 0.588. The first-order valence-electron chi connectivity index (χ1n) is 7.31. The van der Waals surface area contributed by atoms with E-state index in [1.165, 1.54) is 10.9 Å². The van der Waals surface area contributed by atoms with Crippen molar-refractivity contribution in [3.8, 4) is 11.4 Å². The van der Waals surface area contributed by atoms with Crippen molar-refractivity contribution in [3.05, 3.63) is 86.2 Å². The summed E-state index contributed by atoms with van der Waals surface area (Å²) in [5.41, 5.74) is 0.582. The molecule has 0 aliphatic rings. The van der Waals surface area contributed by atoms with Gasteiger partial charge in [0, 0.05) is 10.0 Å². The molecule has 0 aliphatic carbocycles. The van der Waals surface area contributed by atoms with Gasteiger partial charge in [-0.1, -0.05) is 57.9 Å². The Morgan fingerprint density at radius 1 is 1.12 bits per heavy atom. The van der Waals surface area contributed by atoms with Gasteiger partial charge in [0.1, 0.15) is 0 Å². The smallest absolute Gasteiger partial charge is 0.294 e. The maximum Gasteiger partial charge on any atom is 0.294 e. The molecule has 0 saturated carbocycles. The fourth-order valence-electron chi connectivity index (χ4n) is 2.13. The molecule has 1 aromatic heterocycles. The lowest BCUT2D eigenvalue weighted by Crippen LogP contribution is -2.22. The van der Waals surface area contributed by atoms with Crippen LogP contribution in [0.5, 0.6) is 5.75 Å². The molecule has 0 N–H and O–H groups in total. The van der Waals surface area contributed by atoms with Crippen LogP contribution in [0.25, 0.3) is 5.69 Å². The van der Waals surface area contributed by atoms with E-state index >= 15 is 0 Å². The van der Waals surface area contributed by atoms with Crippen molar-refractivity contribution in [1.82, 2.24) is 9.78 Å². The molecule has 3 rings (SSSR count). The zero-order valence-corrected chi connectivity index (χ0v) is 15.2. The summed E-state index contributed by atoms with van der Waals surface area (Å²) in [7, 11) is 0. The third kappa shape index (κ3) is 3.97. The summed E-state index contributed by atoms with van der Waals surface area (Å²) in [4.78, 5) is 24.5. The van der Waals surface area contributed by atoms with E-state index in [2.05, 4.69) is 21.0 Å². The summed E-state index contributed by atoms with van der Waals surface area (Å²) in [6.07, 6.45) is 1.32. The monoisotopic (exact) mass is 418 g/mol. The second kappa shape index (κ2) is 7.63. The lowest BCUT2D eigenvalue weighted by Gasteiger charge is -2.09. The maximum atomic E-state index is 12.3. The molecule has 0 unspecified atom stereocenters. The van der Waals surface area contributed by atoms with Gasteiger partial charge in [0.2, 0.25) is 0 Å². The molecule has 25 heavy (non-hydrogen) atoms. The van der Waals surface area contributed by atoms with Crippen LogP contribution in [0, 0.1) is 0 Å². The molecular weight excluding hydrogens is 408 g/mol. The zero-order valence-electron chi connectivity index (χ0n) is 12.9. The van der Waals surface area contributed by atoms with Crippen LogP contribution in [0.3, 0.4) is 0 Å². The summed E-state index contributed by atoms with van der Waals surface area (Å²) in [5.74, 6) is -0.153. The highest BCUT2D eigenvalue weighted by Gasteiger charge is 2.14. The Bertz CT molecular complexity index is 956. The van der Waals surface area contributed by atoms with Crippen molar-refractivity contribution < 1.29 is 9.53 Å². The number of Topliss-reactive ketones (excluding diaryl/α,β-unsaturated/α-hetero) is 1. The Kier molecular flexibility index (Phi) is 5.31. The molecule has 0 atom stereocenters. The Balaban J connectivity index is 1.78. The Hall–Kier alpha value is -2.44. The number of ketones is 1. The SMILES string of the molecule is O=C(COc1cnn(-c2ccccc2)c(=O)c1Cl)c1ccc(Br)cc1. The zero-order chi connectivity index (χ0) is 17.8. The molecule has 0 aliphatic heterocycles. The lowest BCUT2D eigenvalue weighted by atomic mass is 10.1. The minimum Gasteiger partial charge on any atom is -0.482 e. The summed E-state index contributed by atoms with van der Waals surface area (Å²) in [6, 6.07) is 15.8. The van der Waals surface area contributed by atoms with Crippen LogP contribution in [-0.4, -0.2) is 22.2 Å². The van der Waals surface area contributed by atoms with E-state index in [1.807, 2.05) is 6.07 Å². The number of nitrogens with zero attached hydrogens (tertiary/aromatic N) is 2. The summed E-state index contributed by atoms with van der Waals surface area (Å²) < 4.78 is 7.43. The second-order valence-corrected chi connectivity index (χ2v) is 6.39. The van der Waals surface area contributed by atoms with Crippen LogP contribution in [-0.2, 0) is 0 Å². The third-order valence-corrected chi connectivity index (χ3v) is 4.29. The number of carbonyl (C=O) groups excluding carboxylic acids is 1. The first-order valence-corrected chi connectivity index (χ1v) is 8.48. The first-order chi connectivity index (χ1) is 12.1. The molecule has 126 valence electrons. The number of hydrogen-bond acceptors (Lipinski definition) is 4. The van der Waals surface area contributed by atoms with Gasteiger partial charge >= 0.3 is 0 Å². The average Bonchev–Trinajstić information content (AvgIpc) is 2.64. The van der Waals surface area contributed by atoms with E-state index in [9.17, 15) is 9.59 Å². The highest BCUT2D eigenvalue weighted by Crippen LogP contribution is 2.20. The molecule has 0 amide bonds. The number of rotatable bonds is 5. The van der Waals surface area contributed by atoms with Gasteiger partial charge in [-0.2, -0.15) is 9.78 Å². The van der Waals surface area contributed by atoms with Gasteiger partial charge in [0.25, 0.3) is 5.56 Å². The maximum absolute atomic E-state index is 12.3. The van der Waals surface area contributed by atoms with Crippen LogP contribution >= 0.6 is 27.5 Å². The molecule has 7 heteroatoms. The lowest BCUT2D eigenvalue weighted by molar-refractivity contribution is 0.0921. The number of aromatic nitrogens is 2. The number of ether oxygens (including phenoxy) is 1. The molecule has 1 heterocycles. The molecule has 2 aromatic carbocycles. The predicted octanol–water partition coefficient (Wildman–Crippen LogP) is 3.91. The minimum atomic E-state index is -0.513. The predicted molar refractivity (Wildman–Crippen MR) is 98.8 cm³/mol. The molecular formula is C18H12BrClN2O3. The van der Waals surface area contributed by atoms with Gasteiger partial charge in [0.15, 0.2) is 23.2 Å². The standard InChI is InChI=1S/C18H12BrClN2O3/c19-13-8-6-12(7-9-13)15(23)11-25-16-10-21-22(18(24)17(16)20)14-4-2-1-3-5-14/h1-10H,11H2. The summed E-state index contributed by atoms with van der Waals surface area (Å²) >= 11 is 9.39. The second-order valence-electron chi connectivity index (χ2n) is 5.09. The first kappa shape index (κ1) is 17.4.